The Balaban J connectivity index is 1.25. The molecule has 8 nitrogen and oxygen atoms in total. The van der Waals surface area contributed by atoms with E-state index in [-0.39, 0.29) is 11.8 Å². The maximum Gasteiger partial charge on any atom is 0.256 e. The van der Waals surface area contributed by atoms with Gasteiger partial charge in [0.05, 0.1) is 17.4 Å². The number of benzene rings is 1. The molecule has 5 aromatic rings. The second-order valence-electron chi connectivity index (χ2n) is 7.76. The summed E-state index contributed by atoms with van der Waals surface area (Å²) in [6.07, 6.45) is 10.3. The summed E-state index contributed by atoms with van der Waals surface area (Å²) in [5.74, 6) is -0.354. The number of thiophene rings is 1. The van der Waals surface area contributed by atoms with Gasteiger partial charge >= 0.3 is 0 Å². The summed E-state index contributed by atoms with van der Waals surface area (Å²) in [5.41, 5.74) is 3.54. The first-order valence-corrected chi connectivity index (χ1v) is 11.4. The van der Waals surface area contributed by atoms with Crippen LogP contribution in [0.15, 0.2) is 79.0 Å². The van der Waals surface area contributed by atoms with Gasteiger partial charge in [0, 0.05) is 71.3 Å². The highest BCUT2D eigenvalue weighted by Gasteiger charge is 2.12. The minimum absolute atomic E-state index is 0.158. The predicted molar refractivity (Wildman–Crippen MR) is 132 cm³/mol. The van der Waals surface area contributed by atoms with Crippen molar-refractivity contribution in [2.24, 2.45) is 7.05 Å². The van der Waals surface area contributed by atoms with Crippen LogP contribution >= 0.6 is 11.3 Å². The molecule has 0 saturated carbocycles. The molecule has 4 aromatic heterocycles. The first-order chi connectivity index (χ1) is 16.5. The second kappa shape index (κ2) is 9.24. The van der Waals surface area contributed by atoms with Crippen molar-refractivity contribution < 1.29 is 9.59 Å². The second-order valence-corrected chi connectivity index (χ2v) is 8.67. The van der Waals surface area contributed by atoms with Crippen LogP contribution in [0.3, 0.4) is 0 Å². The molecular weight excluding hydrogens is 448 g/mol. The number of nitrogens with zero attached hydrogens (tertiary/aromatic N) is 4. The van der Waals surface area contributed by atoms with Crippen molar-refractivity contribution in [1.29, 1.82) is 0 Å². The lowest BCUT2D eigenvalue weighted by molar-refractivity contribution is 0.0950. The molecule has 9 heteroatoms. The summed E-state index contributed by atoms with van der Waals surface area (Å²) in [4.78, 5) is 34.5. The molecule has 1 aromatic carbocycles. The van der Waals surface area contributed by atoms with Crippen LogP contribution in [0.1, 0.15) is 26.3 Å². The van der Waals surface area contributed by atoms with E-state index in [2.05, 4.69) is 25.7 Å². The zero-order valence-electron chi connectivity index (χ0n) is 18.2. The summed E-state index contributed by atoms with van der Waals surface area (Å²) in [6.45, 7) is 0.341. The first-order valence-electron chi connectivity index (χ1n) is 10.5. The number of nitrogens with one attached hydrogen (secondary N) is 2. The van der Waals surface area contributed by atoms with Crippen molar-refractivity contribution in [2.45, 2.75) is 6.54 Å². The number of rotatable bonds is 6. The van der Waals surface area contributed by atoms with E-state index in [0.717, 1.165) is 26.8 Å². The zero-order chi connectivity index (χ0) is 23.5. The van der Waals surface area contributed by atoms with Crippen LogP contribution in [0, 0.1) is 0 Å². The molecule has 0 bridgehead atoms. The van der Waals surface area contributed by atoms with E-state index in [0.29, 0.717) is 23.4 Å². The number of carbonyl (C=O) groups is 2. The highest BCUT2D eigenvalue weighted by atomic mass is 32.1. The van der Waals surface area contributed by atoms with Gasteiger partial charge in [-0.15, -0.1) is 11.3 Å². The van der Waals surface area contributed by atoms with Gasteiger partial charge in [0.2, 0.25) is 0 Å². The average Bonchev–Trinajstić information content (AvgIpc) is 3.52. The van der Waals surface area contributed by atoms with Gasteiger partial charge in [0.15, 0.2) is 0 Å². The van der Waals surface area contributed by atoms with Crippen molar-refractivity contribution >= 4 is 39.6 Å². The van der Waals surface area contributed by atoms with Crippen molar-refractivity contribution in [1.82, 2.24) is 25.1 Å². The Bertz CT molecular complexity index is 1510. The van der Waals surface area contributed by atoms with Gasteiger partial charge in [-0.05, 0) is 41.3 Å². The van der Waals surface area contributed by atoms with Crippen LogP contribution in [-0.4, -0.2) is 31.6 Å². The van der Waals surface area contributed by atoms with Gasteiger partial charge in [0.25, 0.3) is 11.8 Å². The summed E-state index contributed by atoms with van der Waals surface area (Å²) < 4.78 is 1.63. The molecule has 2 N–H and O–H groups in total. The minimum atomic E-state index is -0.196. The number of hydrogen-bond acceptors (Lipinski definition) is 6. The third-order valence-corrected chi connectivity index (χ3v) is 6.24. The number of hydrogen-bond donors (Lipinski definition) is 2. The summed E-state index contributed by atoms with van der Waals surface area (Å²) in [5, 5.41) is 13.6. The molecule has 168 valence electrons. The number of aromatic nitrogens is 4. The van der Waals surface area contributed by atoms with Crippen LogP contribution in [0.2, 0.25) is 0 Å². The molecule has 4 heterocycles. The molecule has 0 aliphatic rings. The molecule has 0 aliphatic carbocycles. The van der Waals surface area contributed by atoms with E-state index in [9.17, 15) is 9.59 Å². The van der Waals surface area contributed by atoms with E-state index in [1.54, 1.807) is 55.0 Å². The molecule has 34 heavy (non-hydrogen) atoms. The number of amides is 2. The fourth-order valence-corrected chi connectivity index (χ4v) is 4.40. The Labute approximate surface area is 199 Å². The Morgan fingerprint density at radius 1 is 0.941 bits per heavy atom. The number of pyridine rings is 2. The average molecular weight is 469 g/mol. The smallest absolute Gasteiger partial charge is 0.256 e. The van der Waals surface area contributed by atoms with Crippen LogP contribution < -0.4 is 10.6 Å². The van der Waals surface area contributed by atoms with E-state index in [1.807, 2.05) is 35.7 Å². The molecule has 0 unspecified atom stereocenters. The SMILES string of the molecule is Cn1cc(NC(=O)c2csc(-c3cncc(CNC(=O)c4ccc5cnccc5c4)c3)c2)cn1. The molecule has 0 saturated heterocycles. The number of aryl methyl sites for hydroxylation is 1. The van der Waals surface area contributed by atoms with Gasteiger partial charge in [0.1, 0.15) is 0 Å². The third kappa shape index (κ3) is 4.69. The van der Waals surface area contributed by atoms with E-state index < -0.39 is 0 Å². The maximum absolute atomic E-state index is 12.7. The molecule has 0 fully saturated rings. The Hall–Kier alpha value is -4.37. The van der Waals surface area contributed by atoms with Crippen molar-refractivity contribution in [3.63, 3.8) is 0 Å². The highest BCUT2D eigenvalue weighted by molar-refractivity contribution is 7.13. The Morgan fingerprint density at radius 3 is 2.71 bits per heavy atom. The van der Waals surface area contributed by atoms with Gasteiger partial charge < -0.3 is 10.6 Å². The lowest BCUT2D eigenvalue weighted by Gasteiger charge is -2.07. The lowest BCUT2D eigenvalue weighted by atomic mass is 10.1. The van der Waals surface area contributed by atoms with Gasteiger partial charge in [-0.1, -0.05) is 6.07 Å². The van der Waals surface area contributed by atoms with Gasteiger partial charge in [-0.3, -0.25) is 24.2 Å². The van der Waals surface area contributed by atoms with Gasteiger partial charge in [-0.2, -0.15) is 5.10 Å². The standard InChI is InChI=1S/C25H20N6O2S/c1-31-14-22(13-29-31)30-25(33)21-8-23(34-15-21)20-6-16(9-27-12-20)10-28-24(32)18-2-3-19-11-26-5-4-17(19)7-18/h2-9,11-15H,10H2,1H3,(H,28,32)(H,30,33). The van der Waals surface area contributed by atoms with Crippen LogP contribution in [0.25, 0.3) is 21.2 Å². The van der Waals surface area contributed by atoms with Crippen LogP contribution in [0.5, 0.6) is 0 Å². The molecule has 0 atom stereocenters. The molecular formula is C25H20N6O2S. The van der Waals surface area contributed by atoms with E-state index in [4.69, 9.17) is 0 Å². The van der Waals surface area contributed by atoms with Crippen LogP contribution in [-0.2, 0) is 13.6 Å². The lowest BCUT2D eigenvalue weighted by Crippen LogP contribution is -2.22. The van der Waals surface area contributed by atoms with E-state index in [1.165, 1.54) is 11.3 Å². The quantitative estimate of drug-likeness (QED) is 0.387. The summed E-state index contributed by atoms with van der Waals surface area (Å²) in [7, 11) is 1.79. The zero-order valence-corrected chi connectivity index (χ0v) is 19.0. The monoisotopic (exact) mass is 468 g/mol. The number of carbonyl (C=O) groups excluding carboxylic acids is 2. The van der Waals surface area contributed by atoms with Crippen molar-refractivity contribution in [3.05, 3.63) is 95.6 Å². The Kier molecular flexibility index (Phi) is 5.84. The highest BCUT2D eigenvalue weighted by Crippen LogP contribution is 2.28. The van der Waals surface area contributed by atoms with Gasteiger partial charge in [-0.25, -0.2) is 0 Å². The number of fused-ring (bicyclic) bond motifs is 1. The molecule has 0 spiro atoms. The van der Waals surface area contributed by atoms with Crippen molar-refractivity contribution in [3.8, 4) is 10.4 Å². The summed E-state index contributed by atoms with van der Waals surface area (Å²) >= 11 is 1.46. The predicted octanol–water partition coefficient (Wildman–Crippen LogP) is 4.27. The fraction of sp³-hybridized carbons (Fsp3) is 0.0800. The normalized spacial score (nSPS) is 10.9. The largest absolute Gasteiger partial charge is 0.348 e. The first kappa shape index (κ1) is 21.5. The minimum Gasteiger partial charge on any atom is -0.348 e. The molecule has 5 rings (SSSR count). The van der Waals surface area contributed by atoms with Crippen molar-refractivity contribution in [2.75, 3.05) is 5.32 Å². The van der Waals surface area contributed by atoms with Crippen LogP contribution in [0.4, 0.5) is 5.69 Å². The maximum atomic E-state index is 12.7. The third-order valence-electron chi connectivity index (χ3n) is 5.26. The molecule has 0 radical (unpaired) electrons. The molecule has 0 aliphatic heterocycles. The topological polar surface area (TPSA) is 102 Å². The van der Waals surface area contributed by atoms with E-state index >= 15 is 0 Å². The summed E-state index contributed by atoms with van der Waals surface area (Å²) in [6, 6.07) is 11.2. The fourth-order valence-electron chi connectivity index (χ4n) is 3.52. The number of anilines is 1. The Morgan fingerprint density at radius 2 is 1.85 bits per heavy atom. The molecule has 2 amide bonds.